The van der Waals surface area contributed by atoms with Gasteiger partial charge in [-0.2, -0.15) is 0 Å². The number of anilines is 1. The number of imidazole rings is 1. The zero-order valence-electron chi connectivity index (χ0n) is 13.6. The Morgan fingerprint density at radius 1 is 1.12 bits per heavy atom. The number of aromatic nitrogens is 3. The molecule has 0 atom stereocenters. The van der Waals surface area contributed by atoms with E-state index >= 15 is 0 Å². The number of nitrogen functional groups attached to an aromatic ring is 1. The number of benzene rings is 2. The molecule has 3 N–H and O–H groups in total. The molecule has 5 nitrogen and oxygen atoms in total. The highest BCUT2D eigenvalue weighted by atomic mass is 16.5. The predicted octanol–water partition coefficient (Wildman–Crippen LogP) is 4.01. The number of nitrogens with one attached hydrogen (secondary N) is 1. The van der Waals surface area contributed by atoms with Gasteiger partial charge in [-0.3, -0.25) is 0 Å². The number of hydrogen-bond donors (Lipinski definition) is 2. The van der Waals surface area contributed by atoms with Crippen molar-refractivity contribution in [2.24, 2.45) is 0 Å². The van der Waals surface area contributed by atoms with Gasteiger partial charge < -0.3 is 15.2 Å². The highest BCUT2D eigenvalue weighted by Crippen LogP contribution is 2.32. The summed E-state index contributed by atoms with van der Waals surface area (Å²) >= 11 is 0. The molecule has 0 fully saturated rings. The lowest BCUT2D eigenvalue weighted by Gasteiger charge is -2.07. The first-order valence-corrected chi connectivity index (χ1v) is 7.87. The van der Waals surface area contributed by atoms with Crippen molar-refractivity contribution in [3.63, 3.8) is 0 Å². The molecular formula is C19H18N4O. The van der Waals surface area contributed by atoms with Gasteiger partial charge in [0.05, 0.1) is 16.7 Å². The largest absolute Gasteiger partial charge is 0.369 e. The fourth-order valence-corrected chi connectivity index (χ4v) is 3.20. The molecule has 2 aromatic carbocycles. The van der Waals surface area contributed by atoms with Gasteiger partial charge in [0.1, 0.15) is 5.76 Å². The van der Waals surface area contributed by atoms with Gasteiger partial charge in [0.2, 0.25) is 0 Å². The first-order chi connectivity index (χ1) is 11.6. The lowest BCUT2D eigenvalue weighted by Crippen LogP contribution is -1.92. The first kappa shape index (κ1) is 14.5. The summed E-state index contributed by atoms with van der Waals surface area (Å²) < 4.78 is 5.32. The van der Waals surface area contributed by atoms with E-state index in [4.69, 9.17) is 10.3 Å². The molecule has 2 aromatic heterocycles. The van der Waals surface area contributed by atoms with E-state index in [0.717, 1.165) is 45.6 Å². The van der Waals surface area contributed by atoms with Crippen LogP contribution in [0.1, 0.15) is 22.6 Å². The van der Waals surface area contributed by atoms with E-state index in [0.29, 0.717) is 5.95 Å². The molecule has 4 aromatic rings. The molecule has 0 bridgehead atoms. The van der Waals surface area contributed by atoms with Gasteiger partial charge in [0.15, 0.2) is 5.95 Å². The molecule has 4 rings (SSSR count). The number of nitrogens with two attached hydrogens (primary N) is 1. The van der Waals surface area contributed by atoms with Crippen LogP contribution in [0, 0.1) is 13.8 Å². The summed E-state index contributed by atoms with van der Waals surface area (Å²) in [7, 11) is 0. The van der Waals surface area contributed by atoms with E-state index in [1.807, 2.05) is 32.0 Å². The van der Waals surface area contributed by atoms with Crippen molar-refractivity contribution in [2.45, 2.75) is 20.3 Å². The van der Waals surface area contributed by atoms with Crippen LogP contribution in [-0.2, 0) is 6.42 Å². The minimum absolute atomic E-state index is 0.426. The molecule has 120 valence electrons. The average molecular weight is 318 g/mol. The summed E-state index contributed by atoms with van der Waals surface area (Å²) in [5, 5.41) is 4.07. The van der Waals surface area contributed by atoms with Crippen LogP contribution in [0.15, 0.2) is 47.0 Å². The lowest BCUT2D eigenvalue weighted by atomic mass is 9.97. The van der Waals surface area contributed by atoms with Crippen molar-refractivity contribution in [1.29, 1.82) is 0 Å². The first-order valence-electron chi connectivity index (χ1n) is 7.87. The second-order valence-electron chi connectivity index (χ2n) is 6.02. The molecule has 5 heteroatoms. The molecule has 0 radical (unpaired) electrons. The Balaban J connectivity index is 1.91. The van der Waals surface area contributed by atoms with Crippen molar-refractivity contribution in [1.82, 2.24) is 15.1 Å². The topological polar surface area (TPSA) is 80.7 Å². The quantitative estimate of drug-likeness (QED) is 0.598. The summed E-state index contributed by atoms with van der Waals surface area (Å²) in [5.74, 6) is 1.24. The van der Waals surface area contributed by atoms with Gasteiger partial charge in [-0.15, -0.1) is 0 Å². The molecule has 0 saturated carbocycles. The third-order valence-electron chi connectivity index (χ3n) is 4.24. The van der Waals surface area contributed by atoms with Crippen molar-refractivity contribution >= 4 is 17.0 Å². The number of aryl methyl sites for hydroxylation is 2. The summed E-state index contributed by atoms with van der Waals surface area (Å²) in [6.07, 6.45) is 0.791. The minimum Gasteiger partial charge on any atom is -0.369 e. The third kappa shape index (κ3) is 2.44. The van der Waals surface area contributed by atoms with Gasteiger partial charge in [0.25, 0.3) is 0 Å². The van der Waals surface area contributed by atoms with Crippen LogP contribution in [0.2, 0.25) is 0 Å². The Hall–Kier alpha value is -3.08. The second-order valence-corrected chi connectivity index (χ2v) is 6.02. The number of fused-ring (bicyclic) bond motifs is 1. The molecule has 2 heterocycles. The molecule has 0 saturated heterocycles. The Morgan fingerprint density at radius 3 is 2.62 bits per heavy atom. The van der Waals surface area contributed by atoms with Gasteiger partial charge in [0, 0.05) is 5.56 Å². The van der Waals surface area contributed by atoms with Crippen LogP contribution in [0.3, 0.4) is 0 Å². The van der Waals surface area contributed by atoms with Crippen LogP contribution in [-0.4, -0.2) is 15.1 Å². The van der Waals surface area contributed by atoms with E-state index in [9.17, 15) is 0 Å². The van der Waals surface area contributed by atoms with Crippen LogP contribution < -0.4 is 5.73 Å². The van der Waals surface area contributed by atoms with E-state index in [-0.39, 0.29) is 0 Å². The SMILES string of the molecule is Cc1noc(C)c1-c1cc(Cc2ccccc2)c2nc(N)[nH]c2c1. The Kier molecular flexibility index (Phi) is 3.34. The fourth-order valence-electron chi connectivity index (χ4n) is 3.20. The number of H-pyrrole nitrogens is 1. The van der Waals surface area contributed by atoms with E-state index in [1.165, 1.54) is 5.56 Å². The molecule has 0 aliphatic heterocycles. The van der Waals surface area contributed by atoms with Gasteiger partial charge in [-0.05, 0) is 49.1 Å². The van der Waals surface area contributed by atoms with Gasteiger partial charge in [-0.1, -0.05) is 35.5 Å². The maximum Gasteiger partial charge on any atom is 0.198 e. The van der Waals surface area contributed by atoms with Crippen LogP contribution >= 0.6 is 0 Å². The van der Waals surface area contributed by atoms with E-state index < -0.39 is 0 Å². The van der Waals surface area contributed by atoms with Crippen molar-refractivity contribution < 1.29 is 4.52 Å². The number of aromatic amines is 1. The number of nitrogens with zero attached hydrogens (tertiary/aromatic N) is 2. The molecule has 0 aliphatic rings. The number of hydrogen-bond acceptors (Lipinski definition) is 4. The predicted molar refractivity (Wildman–Crippen MR) is 94.7 cm³/mol. The lowest BCUT2D eigenvalue weighted by molar-refractivity contribution is 0.393. The van der Waals surface area contributed by atoms with E-state index in [1.54, 1.807) is 0 Å². The summed E-state index contributed by atoms with van der Waals surface area (Å²) in [6, 6.07) is 14.6. The summed E-state index contributed by atoms with van der Waals surface area (Å²) in [6.45, 7) is 3.88. The van der Waals surface area contributed by atoms with E-state index in [2.05, 4.69) is 39.4 Å². The molecule has 0 unspecified atom stereocenters. The highest BCUT2D eigenvalue weighted by Gasteiger charge is 2.16. The smallest absolute Gasteiger partial charge is 0.198 e. The van der Waals surface area contributed by atoms with Crippen LogP contribution in [0.4, 0.5) is 5.95 Å². The molecule has 0 amide bonds. The monoisotopic (exact) mass is 318 g/mol. The minimum atomic E-state index is 0.426. The normalized spacial score (nSPS) is 11.2. The standard InChI is InChI=1S/C19H18N4O/c1-11-17(12(2)24-23-11)14-9-15(8-13-6-4-3-5-7-13)18-16(10-14)21-19(20)22-18/h3-7,9-10H,8H2,1-2H3,(H3,20,21,22). The summed E-state index contributed by atoms with van der Waals surface area (Å²) in [4.78, 5) is 7.60. The molecular weight excluding hydrogens is 300 g/mol. The van der Waals surface area contributed by atoms with Crippen molar-refractivity contribution in [3.8, 4) is 11.1 Å². The van der Waals surface area contributed by atoms with Crippen LogP contribution in [0.5, 0.6) is 0 Å². The molecule has 0 spiro atoms. The zero-order chi connectivity index (χ0) is 16.7. The van der Waals surface area contributed by atoms with Crippen molar-refractivity contribution in [2.75, 3.05) is 5.73 Å². The van der Waals surface area contributed by atoms with Gasteiger partial charge in [-0.25, -0.2) is 4.98 Å². The third-order valence-corrected chi connectivity index (χ3v) is 4.24. The molecule has 24 heavy (non-hydrogen) atoms. The summed E-state index contributed by atoms with van der Waals surface area (Å²) in [5.41, 5.74) is 13.0. The van der Waals surface area contributed by atoms with Crippen molar-refractivity contribution in [3.05, 3.63) is 65.0 Å². The Morgan fingerprint density at radius 2 is 1.92 bits per heavy atom. The van der Waals surface area contributed by atoms with Gasteiger partial charge >= 0.3 is 0 Å². The maximum absolute atomic E-state index is 5.88. The fraction of sp³-hybridized carbons (Fsp3) is 0.158. The zero-order valence-corrected chi connectivity index (χ0v) is 13.6. The molecule has 0 aliphatic carbocycles. The average Bonchev–Trinajstić information content (AvgIpc) is 3.10. The van der Waals surface area contributed by atoms with Crippen LogP contribution in [0.25, 0.3) is 22.2 Å². The maximum atomic E-state index is 5.88. The second kappa shape index (κ2) is 5.53. The Labute approximate surface area is 139 Å². The number of rotatable bonds is 3. The Bertz CT molecular complexity index is 995. The highest BCUT2D eigenvalue weighted by molar-refractivity contribution is 5.87.